The lowest BCUT2D eigenvalue weighted by Crippen LogP contribution is -2.31. The molecular formula is C26H25N3O5. The summed E-state index contributed by atoms with van der Waals surface area (Å²) in [6.45, 7) is 6.22. The predicted octanol–water partition coefficient (Wildman–Crippen LogP) is 4.29. The zero-order chi connectivity index (χ0) is 24.2. The SMILES string of the molecule is CCOc1ccc(C2C(=C(O)c3ccc(OC(C)C)cc3)C(=O)C(=O)N2c2ncccn2)cc1. The largest absolute Gasteiger partial charge is 0.507 e. The second kappa shape index (κ2) is 9.74. The number of carbonyl (C=O) groups is 2. The van der Waals surface area contributed by atoms with Crippen molar-refractivity contribution in [3.05, 3.63) is 83.7 Å². The maximum Gasteiger partial charge on any atom is 0.302 e. The van der Waals surface area contributed by atoms with Gasteiger partial charge in [-0.2, -0.15) is 0 Å². The zero-order valence-corrected chi connectivity index (χ0v) is 19.1. The maximum atomic E-state index is 13.2. The number of nitrogens with zero attached hydrogens (tertiary/aromatic N) is 3. The van der Waals surface area contributed by atoms with Gasteiger partial charge in [-0.3, -0.25) is 14.5 Å². The highest BCUT2D eigenvalue weighted by molar-refractivity contribution is 6.51. The number of Topliss-reactive ketones (excluding diaryl/α,β-unsaturated/α-hetero) is 1. The van der Waals surface area contributed by atoms with Gasteiger partial charge in [0, 0.05) is 18.0 Å². The third-order valence-corrected chi connectivity index (χ3v) is 5.22. The number of ketones is 1. The maximum absolute atomic E-state index is 13.2. The van der Waals surface area contributed by atoms with Crippen molar-refractivity contribution in [2.45, 2.75) is 32.9 Å². The van der Waals surface area contributed by atoms with Crippen LogP contribution in [-0.2, 0) is 9.59 Å². The van der Waals surface area contributed by atoms with E-state index in [1.807, 2.05) is 20.8 Å². The van der Waals surface area contributed by atoms with Crippen LogP contribution in [0.25, 0.3) is 5.76 Å². The molecule has 174 valence electrons. The fraction of sp³-hybridized carbons (Fsp3) is 0.231. The van der Waals surface area contributed by atoms with Gasteiger partial charge in [-0.05, 0) is 68.8 Å². The monoisotopic (exact) mass is 459 g/mol. The van der Waals surface area contributed by atoms with E-state index in [0.29, 0.717) is 29.2 Å². The van der Waals surface area contributed by atoms with Crippen LogP contribution in [0.2, 0.25) is 0 Å². The Labute approximate surface area is 197 Å². The molecule has 0 radical (unpaired) electrons. The number of carbonyl (C=O) groups excluding carboxylic acids is 2. The van der Waals surface area contributed by atoms with Gasteiger partial charge in [0.05, 0.1) is 24.3 Å². The number of aliphatic hydroxyl groups excluding tert-OH is 1. The van der Waals surface area contributed by atoms with Crippen LogP contribution in [0.5, 0.6) is 11.5 Å². The number of amides is 1. The molecule has 1 aliphatic rings. The first-order valence-electron chi connectivity index (χ1n) is 11.0. The average Bonchev–Trinajstić information content (AvgIpc) is 3.10. The third-order valence-electron chi connectivity index (χ3n) is 5.22. The second-order valence-electron chi connectivity index (χ2n) is 7.91. The van der Waals surface area contributed by atoms with Crippen LogP contribution < -0.4 is 14.4 Å². The molecule has 0 bridgehead atoms. The Kier molecular flexibility index (Phi) is 6.58. The molecule has 3 aromatic rings. The topological polar surface area (TPSA) is 102 Å². The van der Waals surface area contributed by atoms with Gasteiger partial charge in [0.15, 0.2) is 0 Å². The number of anilines is 1. The van der Waals surface area contributed by atoms with Gasteiger partial charge in [-0.1, -0.05) is 12.1 Å². The lowest BCUT2D eigenvalue weighted by atomic mass is 9.95. The number of hydrogen-bond acceptors (Lipinski definition) is 7. The first-order valence-corrected chi connectivity index (χ1v) is 11.0. The fourth-order valence-corrected chi connectivity index (χ4v) is 3.80. The van der Waals surface area contributed by atoms with Crippen LogP contribution in [0.1, 0.15) is 37.9 Å². The highest BCUT2D eigenvalue weighted by Crippen LogP contribution is 2.41. The van der Waals surface area contributed by atoms with E-state index in [0.717, 1.165) is 0 Å². The first-order chi connectivity index (χ1) is 16.4. The smallest absolute Gasteiger partial charge is 0.302 e. The van der Waals surface area contributed by atoms with Crippen molar-refractivity contribution in [1.82, 2.24) is 9.97 Å². The Balaban J connectivity index is 1.83. The molecule has 1 atom stereocenters. The molecule has 1 saturated heterocycles. The molecule has 8 heteroatoms. The molecule has 1 aromatic heterocycles. The van der Waals surface area contributed by atoms with Gasteiger partial charge in [-0.25, -0.2) is 9.97 Å². The van der Waals surface area contributed by atoms with Crippen LogP contribution in [0.3, 0.4) is 0 Å². The third kappa shape index (κ3) is 4.47. The van der Waals surface area contributed by atoms with Gasteiger partial charge >= 0.3 is 5.91 Å². The number of hydrogen-bond donors (Lipinski definition) is 1. The summed E-state index contributed by atoms with van der Waals surface area (Å²) in [5.41, 5.74) is 0.953. The molecule has 2 heterocycles. The Morgan fingerprint density at radius 2 is 1.62 bits per heavy atom. The number of benzene rings is 2. The summed E-state index contributed by atoms with van der Waals surface area (Å²) >= 11 is 0. The minimum atomic E-state index is -0.912. The lowest BCUT2D eigenvalue weighted by molar-refractivity contribution is -0.132. The number of aromatic nitrogens is 2. The first kappa shape index (κ1) is 23.0. The summed E-state index contributed by atoms with van der Waals surface area (Å²) in [7, 11) is 0. The molecule has 4 rings (SSSR count). The van der Waals surface area contributed by atoms with Gasteiger partial charge in [0.2, 0.25) is 5.95 Å². The molecular weight excluding hydrogens is 434 g/mol. The Hall–Kier alpha value is -4.20. The van der Waals surface area contributed by atoms with E-state index < -0.39 is 17.7 Å². The lowest BCUT2D eigenvalue weighted by Gasteiger charge is -2.23. The second-order valence-corrected chi connectivity index (χ2v) is 7.91. The summed E-state index contributed by atoms with van der Waals surface area (Å²) in [5, 5.41) is 11.2. The molecule has 0 saturated carbocycles. The normalized spacial score (nSPS) is 17.3. The Morgan fingerprint density at radius 1 is 1.00 bits per heavy atom. The highest BCUT2D eigenvalue weighted by atomic mass is 16.5. The van der Waals surface area contributed by atoms with E-state index in [2.05, 4.69) is 9.97 Å². The van der Waals surface area contributed by atoms with Gasteiger partial charge in [-0.15, -0.1) is 0 Å². The molecule has 34 heavy (non-hydrogen) atoms. The van der Waals surface area contributed by atoms with E-state index in [-0.39, 0.29) is 23.4 Å². The summed E-state index contributed by atoms with van der Waals surface area (Å²) in [6.07, 6.45) is 2.98. The quantitative estimate of drug-likeness (QED) is 0.319. The molecule has 1 amide bonds. The molecule has 1 N–H and O–H groups in total. The van der Waals surface area contributed by atoms with Gasteiger partial charge in [0.1, 0.15) is 17.3 Å². The Morgan fingerprint density at radius 3 is 2.21 bits per heavy atom. The van der Waals surface area contributed by atoms with Crippen molar-refractivity contribution in [2.75, 3.05) is 11.5 Å². The van der Waals surface area contributed by atoms with Crippen molar-refractivity contribution >= 4 is 23.4 Å². The summed E-state index contributed by atoms with van der Waals surface area (Å²) < 4.78 is 11.2. The minimum Gasteiger partial charge on any atom is -0.507 e. The molecule has 1 aliphatic heterocycles. The van der Waals surface area contributed by atoms with E-state index in [9.17, 15) is 14.7 Å². The van der Waals surface area contributed by atoms with Crippen LogP contribution >= 0.6 is 0 Å². The highest BCUT2D eigenvalue weighted by Gasteiger charge is 2.48. The van der Waals surface area contributed by atoms with E-state index in [4.69, 9.17) is 9.47 Å². The van der Waals surface area contributed by atoms with Crippen molar-refractivity contribution in [2.24, 2.45) is 0 Å². The van der Waals surface area contributed by atoms with Crippen molar-refractivity contribution < 1.29 is 24.2 Å². The predicted molar refractivity (Wildman–Crippen MR) is 127 cm³/mol. The zero-order valence-electron chi connectivity index (χ0n) is 19.1. The van der Waals surface area contributed by atoms with E-state index >= 15 is 0 Å². The van der Waals surface area contributed by atoms with Crippen LogP contribution in [-0.4, -0.2) is 39.5 Å². The van der Waals surface area contributed by atoms with Crippen LogP contribution in [0, 0.1) is 0 Å². The van der Waals surface area contributed by atoms with E-state index in [1.165, 1.54) is 17.3 Å². The van der Waals surface area contributed by atoms with Crippen molar-refractivity contribution in [3.63, 3.8) is 0 Å². The molecule has 0 aliphatic carbocycles. The standard InChI is InChI=1S/C26H25N3O5/c1-4-33-19-10-6-17(7-11-19)22-21(23(30)18-8-12-20(13-9-18)34-16(2)3)24(31)25(32)29(22)26-27-14-5-15-28-26/h5-16,22,30H,4H2,1-3H3. The van der Waals surface area contributed by atoms with Crippen LogP contribution in [0.15, 0.2) is 72.6 Å². The molecule has 0 spiro atoms. The van der Waals surface area contributed by atoms with Gasteiger partial charge in [0.25, 0.3) is 5.78 Å². The average molecular weight is 460 g/mol. The van der Waals surface area contributed by atoms with Crippen molar-refractivity contribution in [1.29, 1.82) is 0 Å². The molecule has 1 unspecified atom stereocenters. The van der Waals surface area contributed by atoms with Crippen LogP contribution in [0.4, 0.5) is 5.95 Å². The number of aliphatic hydroxyl groups is 1. The summed E-state index contributed by atoms with van der Waals surface area (Å²) in [6, 6.07) is 14.4. The number of rotatable bonds is 7. The van der Waals surface area contributed by atoms with Gasteiger partial charge < -0.3 is 14.6 Å². The summed E-state index contributed by atoms with van der Waals surface area (Å²) in [5.74, 6) is -0.555. The molecule has 1 fully saturated rings. The molecule has 2 aromatic carbocycles. The fourth-order valence-electron chi connectivity index (χ4n) is 3.80. The van der Waals surface area contributed by atoms with E-state index in [1.54, 1.807) is 54.6 Å². The van der Waals surface area contributed by atoms with Crippen molar-refractivity contribution in [3.8, 4) is 11.5 Å². The minimum absolute atomic E-state index is 0.00435. The Bertz CT molecular complexity index is 1210. The number of ether oxygens (including phenoxy) is 2. The summed E-state index contributed by atoms with van der Waals surface area (Å²) in [4.78, 5) is 35.8. The molecule has 8 nitrogen and oxygen atoms in total.